The Kier molecular flexibility index (Phi) is 6.19. The van der Waals surface area contributed by atoms with Gasteiger partial charge in [0.1, 0.15) is 5.75 Å². The summed E-state index contributed by atoms with van der Waals surface area (Å²) in [6.45, 7) is 3.19. The Morgan fingerprint density at radius 3 is 2.36 bits per heavy atom. The maximum absolute atomic E-state index is 13.4. The number of likely N-dealkylation sites (N-methyl/N-ethyl adjacent to an activating group) is 1. The number of aromatic nitrogens is 1. The number of ether oxygens (including phenoxy) is 1. The molecule has 2 aromatic carbocycles. The maximum atomic E-state index is 13.4. The molecule has 0 aliphatic carbocycles. The summed E-state index contributed by atoms with van der Waals surface area (Å²) in [5.74, 6) is 0.221. The molecule has 0 atom stereocenters. The number of rotatable bonds is 7. The van der Waals surface area contributed by atoms with Gasteiger partial charge in [0.15, 0.2) is 5.78 Å². The number of carbonyl (C=O) groups excluding carboxylic acids is 1. The zero-order chi connectivity index (χ0) is 23.8. The summed E-state index contributed by atoms with van der Waals surface area (Å²) in [6.07, 6.45) is 1.27. The summed E-state index contributed by atoms with van der Waals surface area (Å²) >= 11 is 0. The lowest BCUT2D eigenvalue weighted by molar-refractivity contribution is -0.384. The molecule has 174 valence electrons. The van der Waals surface area contributed by atoms with Crippen molar-refractivity contribution in [3.63, 3.8) is 0 Å². The number of ketones is 1. The Hall–Kier alpha value is -3.28. The van der Waals surface area contributed by atoms with Gasteiger partial charge in [-0.2, -0.15) is 0 Å². The highest BCUT2D eigenvalue weighted by atomic mass is 32.2. The number of Topliss-reactive ketones (excluding diaryl/α,β-unsaturated/α-hetero) is 1. The number of piperazine rings is 1. The second-order valence-electron chi connectivity index (χ2n) is 7.98. The topological polar surface area (TPSA) is 115 Å². The van der Waals surface area contributed by atoms with E-state index in [1.807, 2.05) is 11.9 Å². The highest BCUT2D eigenvalue weighted by molar-refractivity contribution is 7.90. The fourth-order valence-electron chi connectivity index (χ4n) is 3.88. The Labute approximate surface area is 191 Å². The van der Waals surface area contributed by atoms with E-state index in [9.17, 15) is 23.3 Å². The molecule has 1 aromatic heterocycles. The number of carbonyl (C=O) groups is 1. The zero-order valence-electron chi connectivity index (χ0n) is 18.3. The quantitative estimate of drug-likeness (QED) is 0.292. The van der Waals surface area contributed by atoms with Crippen LogP contribution in [0.2, 0.25) is 0 Å². The van der Waals surface area contributed by atoms with E-state index < -0.39 is 14.9 Å². The van der Waals surface area contributed by atoms with Crippen LogP contribution in [0, 0.1) is 10.1 Å². The van der Waals surface area contributed by atoms with Gasteiger partial charge in [-0.05, 0) is 37.4 Å². The third-order valence-corrected chi connectivity index (χ3v) is 7.53. The van der Waals surface area contributed by atoms with Crippen molar-refractivity contribution in [2.75, 3.05) is 46.9 Å². The second kappa shape index (κ2) is 8.93. The second-order valence-corrected chi connectivity index (χ2v) is 9.80. The molecular formula is C22H24N4O6S. The van der Waals surface area contributed by atoms with Gasteiger partial charge in [0, 0.05) is 55.5 Å². The van der Waals surface area contributed by atoms with Crippen LogP contribution in [-0.4, -0.2) is 79.8 Å². The monoisotopic (exact) mass is 472 g/mol. The van der Waals surface area contributed by atoms with Gasteiger partial charge in [-0.3, -0.25) is 19.8 Å². The number of nitrogens with zero attached hydrogens (tertiary/aromatic N) is 4. The summed E-state index contributed by atoms with van der Waals surface area (Å²) in [7, 11) is -0.568. The van der Waals surface area contributed by atoms with Crippen molar-refractivity contribution in [1.29, 1.82) is 0 Å². The van der Waals surface area contributed by atoms with Gasteiger partial charge in [-0.15, -0.1) is 0 Å². The lowest BCUT2D eigenvalue weighted by atomic mass is 10.1. The van der Waals surface area contributed by atoms with Crippen molar-refractivity contribution in [3.05, 3.63) is 64.3 Å². The van der Waals surface area contributed by atoms with Gasteiger partial charge >= 0.3 is 0 Å². The van der Waals surface area contributed by atoms with E-state index in [1.54, 1.807) is 0 Å². The van der Waals surface area contributed by atoms with E-state index in [-0.39, 0.29) is 39.4 Å². The molecule has 3 aromatic rings. The fraction of sp³-hybridized carbons (Fsp3) is 0.318. The van der Waals surface area contributed by atoms with E-state index >= 15 is 0 Å². The zero-order valence-corrected chi connectivity index (χ0v) is 19.1. The molecule has 2 heterocycles. The van der Waals surface area contributed by atoms with Crippen LogP contribution in [0.5, 0.6) is 5.75 Å². The Morgan fingerprint density at radius 2 is 1.76 bits per heavy atom. The van der Waals surface area contributed by atoms with Crippen LogP contribution < -0.4 is 4.74 Å². The average Bonchev–Trinajstić information content (AvgIpc) is 3.20. The van der Waals surface area contributed by atoms with Crippen molar-refractivity contribution in [3.8, 4) is 5.75 Å². The lowest BCUT2D eigenvalue weighted by Crippen LogP contribution is -2.46. The molecule has 11 heteroatoms. The molecule has 0 N–H and O–H groups in total. The summed E-state index contributed by atoms with van der Waals surface area (Å²) in [4.78, 5) is 28.1. The van der Waals surface area contributed by atoms with Crippen LogP contribution in [-0.2, 0) is 10.0 Å². The predicted molar refractivity (Wildman–Crippen MR) is 122 cm³/mol. The number of fused-ring (bicyclic) bond motifs is 1. The van der Waals surface area contributed by atoms with Gasteiger partial charge in [-0.1, -0.05) is 0 Å². The molecule has 0 saturated carbocycles. The molecule has 0 unspecified atom stereocenters. The van der Waals surface area contributed by atoms with Crippen molar-refractivity contribution in [2.45, 2.75) is 4.90 Å². The number of methoxy groups -OCH3 is 1. The van der Waals surface area contributed by atoms with Gasteiger partial charge in [-0.25, -0.2) is 12.4 Å². The first-order chi connectivity index (χ1) is 15.7. The number of hydrogen-bond donors (Lipinski definition) is 0. The number of nitro groups is 1. The minimum Gasteiger partial charge on any atom is -0.497 e. The molecule has 1 fully saturated rings. The van der Waals surface area contributed by atoms with Crippen LogP contribution in [0.15, 0.2) is 53.6 Å². The minimum atomic E-state index is -4.06. The number of non-ortho nitro benzene ring substituents is 1. The molecule has 0 radical (unpaired) electrons. The summed E-state index contributed by atoms with van der Waals surface area (Å²) < 4.78 is 32.9. The average molecular weight is 473 g/mol. The molecule has 4 rings (SSSR count). The number of benzene rings is 2. The van der Waals surface area contributed by atoms with Crippen molar-refractivity contribution < 1.29 is 22.9 Å². The third-order valence-electron chi connectivity index (χ3n) is 5.84. The SMILES string of the molecule is COc1ccc(S(=O)(=O)n2cc(C(=O)CN3CCN(C)CC3)c3cc([N+](=O)[O-])ccc32)cc1. The van der Waals surface area contributed by atoms with E-state index in [0.717, 1.165) is 17.1 Å². The van der Waals surface area contributed by atoms with Crippen molar-refractivity contribution in [2.24, 2.45) is 0 Å². The summed E-state index contributed by atoms with van der Waals surface area (Å²) in [6, 6.07) is 9.74. The van der Waals surface area contributed by atoms with Crippen LogP contribution in [0.3, 0.4) is 0 Å². The number of hydrogen-bond acceptors (Lipinski definition) is 8. The normalized spacial score (nSPS) is 15.6. The summed E-state index contributed by atoms with van der Waals surface area (Å²) in [5, 5.41) is 11.6. The van der Waals surface area contributed by atoms with Gasteiger partial charge < -0.3 is 9.64 Å². The molecule has 10 nitrogen and oxygen atoms in total. The molecule has 0 amide bonds. The Morgan fingerprint density at radius 1 is 1.09 bits per heavy atom. The molecule has 1 saturated heterocycles. The van der Waals surface area contributed by atoms with Gasteiger partial charge in [0.05, 0.1) is 29.0 Å². The van der Waals surface area contributed by atoms with Gasteiger partial charge in [0.25, 0.3) is 15.7 Å². The standard InChI is InChI=1S/C22H24N4O6S/c1-23-9-11-24(12-10-23)15-22(27)20-14-25(21-8-3-16(26(28)29)13-19(20)21)33(30,31)18-6-4-17(32-2)5-7-18/h3-8,13-14H,9-12,15H2,1-2H3. The molecule has 1 aliphatic rings. The Balaban J connectivity index is 1.78. The highest BCUT2D eigenvalue weighted by Gasteiger charge is 2.26. The van der Waals surface area contributed by atoms with Crippen molar-refractivity contribution in [1.82, 2.24) is 13.8 Å². The highest BCUT2D eigenvalue weighted by Crippen LogP contribution is 2.30. The number of nitro benzene ring substituents is 1. The third kappa shape index (κ3) is 4.47. The summed E-state index contributed by atoms with van der Waals surface area (Å²) in [5.41, 5.74) is 0.138. The molecule has 1 aliphatic heterocycles. The Bertz CT molecular complexity index is 1310. The first-order valence-electron chi connectivity index (χ1n) is 10.3. The largest absolute Gasteiger partial charge is 0.497 e. The molecule has 0 bridgehead atoms. The van der Waals surface area contributed by atoms with E-state index in [2.05, 4.69) is 4.90 Å². The van der Waals surface area contributed by atoms with Crippen LogP contribution >= 0.6 is 0 Å². The predicted octanol–water partition coefficient (Wildman–Crippen LogP) is 2.23. The molecule has 0 spiro atoms. The smallest absolute Gasteiger partial charge is 0.270 e. The van der Waals surface area contributed by atoms with Crippen LogP contribution in [0.1, 0.15) is 10.4 Å². The van der Waals surface area contributed by atoms with E-state index in [0.29, 0.717) is 18.8 Å². The molecular weight excluding hydrogens is 448 g/mol. The lowest BCUT2D eigenvalue weighted by Gasteiger charge is -2.31. The van der Waals surface area contributed by atoms with Gasteiger partial charge in [0.2, 0.25) is 0 Å². The molecule has 33 heavy (non-hydrogen) atoms. The van der Waals surface area contributed by atoms with Crippen molar-refractivity contribution >= 4 is 32.4 Å². The van der Waals surface area contributed by atoms with Crippen LogP contribution in [0.25, 0.3) is 10.9 Å². The van der Waals surface area contributed by atoms with E-state index in [4.69, 9.17) is 4.74 Å². The fourth-order valence-corrected chi connectivity index (χ4v) is 5.25. The first kappa shape index (κ1) is 22.9. The van der Waals surface area contributed by atoms with E-state index in [1.165, 1.54) is 55.8 Å². The van der Waals surface area contributed by atoms with Crippen LogP contribution in [0.4, 0.5) is 5.69 Å². The first-order valence-corrected chi connectivity index (χ1v) is 11.8. The minimum absolute atomic E-state index is 0.0108. The maximum Gasteiger partial charge on any atom is 0.270 e.